The fourth-order valence-electron chi connectivity index (χ4n) is 3.69. The van der Waals surface area contributed by atoms with Crippen molar-refractivity contribution in [2.24, 2.45) is 5.10 Å². The number of nitrogens with one attached hydrogen (secondary N) is 1. The second-order valence-electron chi connectivity index (χ2n) is 8.07. The largest absolute Gasteiger partial charge is 0.493 e. The molecule has 0 unspecified atom stereocenters. The van der Waals surface area contributed by atoms with Gasteiger partial charge in [-0.3, -0.25) is 4.79 Å². The molecule has 0 saturated heterocycles. The Labute approximate surface area is 229 Å². The number of aliphatic hydroxyl groups is 1. The van der Waals surface area contributed by atoms with Gasteiger partial charge in [0.25, 0.3) is 5.91 Å². The Kier molecular flexibility index (Phi) is 8.43. The number of methoxy groups -OCH3 is 1. The second-order valence-corrected chi connectivity index (χ2v) is 8.91. The average molecular weight is 549 g/mol. The summed E-state index contributed by atoms with van der Waals surface area (Å²) in [7, 11) is 1.42. The van der Waals surface area contributed by atoms with Gasteiger partial charge in [0.1, 0.15) is 0 Å². The molecule has 0 atom stereocenters. The van der Waals surface area contributed by atoms with Crippen LogP contribution in [-0.4, -0.2) is 30.3 Å². The van der Waals surface area contributed by atoms with Crippen LogP contribution < -0.4 is 14.9 Å². The predicted octanol–water partition coefficient (Wildman–Crippen LogP) is 5.61. The number of carbonyl (C=O) groups excluding carboxylic acids is 2. The number of nitrogens with zero attached hydrogens (tertiary/aromatic N) is 1. The van der Waals surface area contributed by atoms with Crippen molar-refractivity contribution >= 4 is 41.3 Å². The van der Waals surface area contributed by atoms with Crippen LogP contribution in [0.15, 0.2) is 102 Å². The predicted molar refractivity (Wildman–Crippen MR) is 146 cm³/mol. The van der Waals surface area contributed by atoms with Crippen molar-refractivity contribution in [2.45, 2.75) is 5.60 Å². The first-order chi connectivity index (χ1) is 18.3. The highest BCUT2D eigenvalue weighted by molar-refractivity contribution is 6.36. The zero-order chi connectivity index (χ0) is 27.1. The van der Waals surface area contributed by atoms with E-state index in [9.17, 15) is 14.7 Å². The summed E-state index contributed by atoms with van der Waals surface area (Å²) >= 11 is 12.0. The molecule has 7 nitrogen and oxygen atoms in total. The highest BCUT2D eigenvalue weighted by Crippen LogP contribution is 2.31. The third-order valence-corrected chi connectivity index (χ3v) is 6.18. The van der Waals surface area contributed by atoms with Crippen molar-refractivity contribution in [3.8, 4) is 11.5 Å². The fraction of sp³-hybridized carbons (Fsp3) is 0.0690. The van der Waals surface area contributed by atoms with E-state index in [-0.39, 0.29) is 22.1 Å². The molecule has 4 rings (SSSR count). The molecule has 0 heterocycles. The number of halogens is 2. The zero-order valence-corrected chi connectivity index (χ0v) is 21.6. The third-order valence-electron chi connectivity index (χ3n) is 5.63. The molecule has 4 aromatic carbocycles. The maximum absolute atomic E-state index is 13.2. The molecule has 1 amide bonds. The summed E-state index contributed by atoms with van der Waals surface area (Å²) < 4.78 is 10.8. The maximum atomic E-state index is 13.2. The molecule has 0 aliphatic heterocycles. The van der Waals surface area contributed by atoms with E-state index in [0.717, 1.165) is 0 Å². The Balaban J connectivity index is 1.51. The van der Waals surface area contributed by atoms with Crippen LogP contribution in [0.4, 0.5) is 0 Å². The van der Waals surface area contributed by atoms with Gasteiger partial charge in [-0.25, -0.2) is 10.2 Å². The number of esters is 1. The van der Waals surface area contributed by atoms with Crippen molar-refractivity contribution in [2.75, 3.05) is 7.11 Å². The van der Waals surface area contributed by atoms with Gasteiger partial charge in [-0.15, -0.1) is 0 Å². The normalized spacial score (nSPS) is 11.3. The van der Waals surface area contributed by atoms with Crippen LogP contribution >= 0.6 is 23.2 Å². The summed E-state index contributed by atoms with van der Waals surface area (Å²) in [6, 6.07) is 26.4. The molecule has 0 spiro atoms. The summed E-state index contributed by atoms with van der Waals surface area (Å²) in [5, 5.41) is 16.0. The summed E-state index contributed by atoms with van der Waals surface area (Å²) in [4.78, 5) is 25.7. The molecule has 2 N–H and O–H groups in total. The van der Waals surface area contributed by atoms with Crippen LogP contribution in [0.2, 0.25) is 10.0 Å². The first kappa shape index (κ1) is 26.9. The van der Waals surface area contributed by atoms with Crippen LogP contribution in [0, 0.1) is 0 Å². The smallest absolute Gasteiger partial charge is 0.345 e. The summed E-state index contributed by atoms with van der Waals surface area (Å²) in [6.45, 7) is 0. The monoisotopic (exact) mass is 548 g/mol. The lowest BCUT2D eigenvalue weighted by molar-refractivity contribution is -0.136. The van der Waals surface area contributed by atoms with Crippen molar-refractivity contribution < 1.29 is 24.2 Å². The van der Waals surface area contributed by atoms with Gasteiger partial charge in [-0.2, -0.15) is 5.10 Å². The zero-order valence-electron chi connectivity index (χ0n) is 20.1. The number of carbonyl (C=O) groups is 2. The molecular weight excluding hydrogens is 527 g/mol. The number of hydrazone groups is 1. The van der Waals surface area contributed by atoms with E-state index < -0.39 is 17.5 Å². The Morgan fingerprint density at radius 3 is 2.08 bits per heavy atom. The standard InChI is InChI=1S/C29H22Cl2N2O5/c1-37-26-16-19(12-15-25(26)38-27(34)23-14-13-22(30)17-24(23)31)18-32-33-28(35)29(36,20-8-4-2-5-9-20)21-10-6-3-7-11-21/h2-18,36H,1H3,(H,33,35)/b32-18+. The van der Waals surface area contributed by atoms with Gasteiger partial charge in [0.2, 0.25) is 0 Å². The number of hydrogen-bond acceptors (Lipinski definition) is 6. The minimum absolute atomic E-state index is 0.149. The molecule has 4 aromatic rings. The van der Waals surface area contributed by atoms with Gasteiger partial charge in [0, 0.05) is 5.02 Å². The molecule has 0 aliphatic rings. The molecule has 38 heavy (non-hydrogen) atoms. The summed E-state index contributed by atoms with van der Waals surface area (Å²) in [6.07, 6.45) is 1.37. The number of benzene rings is 4. The summed E-state index contributed by atoms with van der Waals surface area (Å²) in [5.74, 6) is -1.00. The SMILES string of the molecule is COc1cc(/C=N/NC(=O)C(O)(c2ccccc2)c2ccccc2)ccc1OC(=O)c1ccc(Cl)cc1Cl. The van der Waals surface area contributed by atoms with Gasteiger partial charge in [-0.1, -0.05) is 83.9 Å². The first-order valence-electron chi connectivity index (χ1n) is 11.3. The van der Waals surface area contributed by atoms with Crippen LogP contribution in [0.25, 0.3) is 0 Å². The fourth-order valence-corrected chi connectivity index (χ4v) is 4.18. The van der Waals surface area contributed by atoms with E-state index in [1.165, 1.54) is 37.6 Å². The quantitative estimate of drug-likeness (QED) is 0.129. The maximum Gasteiger partial charge on any atom is 0.345 e. The number of rotatable bonds is 8. The van der Waals surface area contributed by atoms with Crippen LogP contribution in [0.3, 0.4) is 0 Å². The van der Waals surface area contributed by atoms with E-state index in [0.29, 0.717) is 21.7 Å². The van der Waals surface area contributed by atoms with Crippen LogP contribution in [0.5, 0.6) is 11.5 Å². The Hall–Kier alpha value is -4.17. The van der Waals surface area contributed by atoms with E-state index >= 15 is 0 Å². The lowest BCUT2D eigenvalue weighted by atomic mass is 9.85. The van der Waals surface area contributed by atoms with E-state index in [1.807, 2.05) is 0 Å². The molecule has 0 bridgehead atoms. The Morgan fingerprint density at radius 2 is 1.50 bits per heavy atom. The highest BCUT2D eigenvalue weighted by Gasteiger charge is 2.39. The van der Waals surface area contributed by atoms with Gasteiger partial charge in [-0.05, 0) is 53.1 Å². The van der Waals surface area contributed by atoms with Gasteiger partial charge in [0.15, 0.2) is 17.1 Å². The van der Waals surface area contributed by atoms with Crippen molar-refractivity contribution in [3.05, 3.63) is 129 Å². The van der Waals surface area contributed by atoms with E-state index in [4.69, 9.17) is 32.7 Å². The van der Waals surface area contributed by atoms with E-state index in [2.05, 4.69) is 10.5 Å². The van der Waals surface area contributed by atoms with Crippen LogP contribution in [-0.2, 0) is 10.4 Å². The molecule has 9 heteroatoms. The Bertz CT molecular complexity index is 1440. The van der Waals surface area contributed by atoms with Crippen molar-refractivity contribution in [1.82, 2.24) is 5.43 Å². The lowest BCUT2D eigenvalue weighted by Crippen LogP contribution is -2.43. The molecular formula is C29H22Cl2N2O5. The lowest BCUT2D eigenvalue weighted by Gasteiger charge is -2.27. The molecule has 0 radical (unpaired) electrons. The first-order valence-corrected chi connectivity index (χ1v) is 12.1. The molecule has 0 saturated carbocycles. The minimum Gasteiger partial charge on any atom is -0.493 e. The molecule has 0 fully saturated rings. The minimum atomic E-state index is -1.96. The number of hydrogen-bond donors (Lipinski definition) is 2. The topological polar surface area (TPSA) is 97.2 Å². The number of amides is 1. The molecule has 0 aromatic heterocycles. The summed E-state index contributed by atoms with van der Waals surface area (Å²) in [5.41, 5.74) is 1.93. The van der Waals surface area contributed by atoms with Crippen LogP contribution in [0.1, 0.15) is 27.0 Å². The second kappa shape index (κ2) is 11.9. The van der Waals surface area contributed by atoms with Gasteiger partial charge < -0.3 is 14.6 Å². The van der Waals surface area contributed by atoms with Gasteiger partial charge in [0.05, 0.1) is 23.9 Å². The van der Waals surface area contributed by atoms with Crippen molar-refractivity contribution in [3.63, 3.8) is 0 Å². The third kappa shape index (κ3) is 5.86. The number of ether oxygens (including phenoxy) is 2. The average Bonchev–Trinajstić information content (AvgIpc) is 2.94. The Morgan fingerprint density at radius 1 is 0.868 bits per heavy atom. The molecule has 0 aliphatic carbocycles. The molecule has 192 valence electrons. The van der Waals surface area contributed by atoms with Gasteiger partial charge >= 0.3 is 5.97 Å². The highest BCUT2D eigenvalue weighted by atomic mass is 35.5. The van der Waals surface area contributed by atoms with Crippen molar-refractivity contribution in [1.29, 1.82) is 0 Å². The van der Waals surface area contributed by atoms with E-state index in [1.54, 1.807) is 72.8 Å².